The van der Waals surface area contributed by atoms with E-state index in [0.29, 0.717) is 17.8 Å². The number of nitrogens with one attached hydrogen (secondary N) is 1. The summed E-state index contributed by atoms with van der Waals surface area (Å²) in [7, 11) is 2.03. The Bertz CT molecular complexity index is 346. The SMILES string of the molecule is CNc1c(C(C)C)cc(C(C)C)cc1C(C)C. The van der Waals surface area contributed by atoms with Gasteiger partial charge in [0.15, 0.2) is 0 Å². The molecule has 0 bridgehead atoms. The molecule has 0 radical (unpaired) electrons. The van der Waals surface area contributed by atoms with Crippen LogP contribution in [0.25, 0.3) is 0 Å². The van der Waals surface area contributed by atoms with E-state index in [9.17, 15) is 0 Å². The van der Waals surface area contributed by atoms with Crippen molar-refractivity contribution in [2.75, 3.05) is 12.4 Å². The minimum absolute atomic E-state index is 0.564. The first kappa shape index (κ1) is 14.1. The largest absolute Gasteiger partial charge is 0.388 e. The lowest BCUT2D eigenvalue weighted by Crippen LogP contribution is -2.06. The minimum atomic E-state index is 0.564. The first-order chi connectivity index (χ1) is 7.88. The van der Waals surface area contributed by atoms with Gasteiger partial charge < -0.3 is 5.32 Å². The van der Waals surface area contributed by atoms with Gasteiger partial charge in [0, 0.05) is 12.7 Å². The van der Waals surface area contributed by atoms with Crippen molar-refractivity contribution in [1.29, 1.82) is 0 Å². The van der Waals surface area contributed by atoms with E-state index in [1.165, 1.54) is 22.4 Å². The predicted molar refractivity (Wildman–Crippen MR) is 78.3 cm³/mol. The molecule has 1 N–H and O–H groups in total. The Kier molecular flexibility index (Phi) is 4.62. The first-order valence-electron chi connectivity index (χ1n) is 6.73. The third kappa shape index (κ3) is 3.02. The molecule has 0 aliphatic carbocycles. The number of benzene rings is 1. The molecule has 17 heavy (non-hydrogen) atoms. The van der Waals surface area contributed by atoms with Gasteiger partial charge in [-0.15, -0.1) is 0 Å². The molecule has 0 aromatic heterocycles. The Labute approximate surface area is 107 Å². The molecule has 0 saturated heterocycles. The Morgan fingerprint density at radius 3 is 1.41 bits per heavy atom. The molecule has 1 aromatic rings. The minimum Gasteiger partial charge on any atom is -0.388 e. The van der Waals surface area contributed by atoms with Gasteiger partial charge in [0.1, 0.15) is 0 Å². The van der Waals surface area contributed by atoms with Crippen molar-refractivity contribution in [1.82, 2.24) is 0 Å². The molecule has 1 rings (SSSR count). The van der Waals surface area contributed by atoms with E-state index in [4.69, 9.17) is 0 Å². The van der Waals surface area contributed by atoms with Crippen molar-refractivity contribution >= 4 is 5.69 Å². The molecule has 0 aliphatic rings. The maximum atomic E-state index is 3.39. The van der Waals surface area contributed by atoms with Gasteiger partial charge in [-0.1, -0.05) is 53.7 Å². The topological polar surface area (TPSA) is 12.0 Å². The maximum absolute atomic E-state index is 3.39. The van der Waals surface area contributed by atoms with Crippen LogP contribution in [-0.4, -0.2) is 7.05 Å². The fraction of sp³-hybridized carbons (Fsp3) is 0.625. The average molecular weight is 233 g/mol. The second-order valence-corrected chi connectivity index (χ2v) is 5.79. The van der Waals surface area contributed by atoms with Gasteiger partial charge in [-0.05, 0) is 34.4 Å². The third-order valence-electron chi connectivity index (χ3n) is 3.38. The highest BCUT2D eigenvalue weighted by Gasteiger charge is 2.15. The van der Waals surface area contributed by atoms with Crippen molar-refractivity contribution in [3.05, 3.63) is 28.8 Å². The van der Waals surface area contributed by atoms with Gasteiger partial charge in [0.25, 0.3) is 0 Å². The van der Waals surface area contributed by atoms with E-state index in [-0.39, 0.29) is 0 Å². The predicted octanol–water partition coefficient (Wildman–Crippen LogP) is 5.10. The Morgan fingerprint density at radius 1 is 0.765 bits per heavy atom. The van der Waals surface area contributed by atoms with Crippen LogP contribution in [0.5, 0.6) is 0 Å². The standard InChI is InChI=1S/C16H27N/c1-10(2)13-8-14(11(3)4)16(17-7)15(9-13)12(5)6/h8-12,17H,1-7H3. The summed E-state index contributed by atoms with van der Waals surface area (Å²) in [5.41, 5.74) is 5.68. The molecule has 1 aromatic carbocycles. The Morgan fingerprint density at radius 2 is 1.18 bits per heavy atom. The van der Waals surface area contributed by atoms with Crippen molar-refractivity contribution < 1.29 is 0 Å². The van der Waals surface area contributed by atoms with Crippen molar-refractivity contribution in [2.24, 2.45) is 0 Å². The average Bonchev–Trinajstić information content (AvgIpc) is 2.26. The van der Waals surface area contributed by atoms with Gasteiger partial charge in [-0.25, -0.2) is 0 Å². The lowest BCUT2D eigenvalue weighted by atomic mass is 9.87. The molecule has 0 saturated carbocycles. The van der Waals surface area contributed by atoms with E-state index < -0.39 is 0 Å². The molecule has 0 unspecified atom stereocenters. The fourth-order valence-electron chi connectivity index (χ4n) is 2.24. The summed E-state index contributed by atoms with van der Waals surface area (Å²) in [6, 6.07) is 4.74. The monoisotopic (exact) mass is 233 g/mol. The van der Waals surface area contributed by atoms with Crippen LogP contribution in [-0.2, 0) is 0 Å². The van der Waals surface area contributed by atoms with Crippen LogP contribution in [0.4, 0.5) is 5.69 Å². The molecular formula is C16H27N. The molecule has 96 valence electrons. The summed E-state index contributed by atoms with van der Waals surface area (Å²) in [4.78, 5) is 0. The van der Waals surface area contributed by atoms with Gasteiger partial charge >= 0.3 is 0 Å². The summed E-state index contributed by atoms with van der Waals surface area (Å²) in [5, 5.41) is 3.39. The zero-order valence-corrected chi connectivity index (χ0v) is 12.4. The molecule has 0 heterocycles. The number of rotatable bonds is 4. The van der Waals surface area contributed by atoms with Gasteiger partial charge in [-0.2, -0.15) is 0 Å². The van der Waals surface area contributed by atoms with Crippen LogP contribution in [0.3, 0.4) is 0 Å². The van der Waals surface area contributed by atoms with Crippen LogP contribution in [0.1, 0.15) is 76.0 Å². The lowest BCUT2D eigenvalue weighted by Gasteiger charge is -2.22. The van der Waals surface area contributed by atoms with Crippen LogP contribution < -0.4 is 5.32 Å². The number of hydrogen-bond donors (Lipinski definition) is 1. The van der Waals surface area contributed by atoms with Crippen molar-refractivity contribution in [3.63, 3.8) is 0 Å². The Balaban J connectivity index is 3.46. The highest BCUT2D eigenvalue weighted by atomic mass is 14.8. The van der Waals surface area contributed by atoms with E-state index in [1.807, 2.05) is 7.05 Å². The van der Waals surface area contributed by atoms with E-state index in [1.54, 1.807) is 0 Å². The fourth-order valence-corrected chi connectivity index (χ4v) is 2.24. The molecule has 0 amide bonds. The molecule has 1 heteroatoms. The van der Waals surface area contributed by atoms with Gasteiger partial charge in [0.2, 0.25) is 0 Å². The lowest BCUT2D eigenvalue weighted by molar-refractivity contribution is 0.807. The normalized spacial score (nSPS) is 11.6. The highest BCUT2D eigenvalue weighted by Crippen LogP contribution is 2.35. The Hall–Kier alpha value is -0.980. The highest BCUT2D eigenvalue weighted by molar-refractivity contribution is 5.61. The summed E-state index contributed by atoms with van der Waals surface area (Å²) in [6.07, 6.45) is 0. The zero-order valence-electron chi connectivity index (χ0n) is 12.4. The van der Waals surface area contributed by atoms with E-state index >= 15 is 0 Å². The first-order valence-corrected chi connectivity index (χ1v) is 6.73. The third-order valence-corrected chi connectivity index (χ3v) is 3.38. The number of hydrogen-bond acceptors (Lipinski definition) is 1. The van der Waals surface area contributed by atoms with Crippen LogP contribution in [0.2, 0.25) is 0 Å². The molecule has 0 fully saturated rings. The van der Waals surface area contributed by atoms with Crippen LogP contribution in [0.15, 0.2) is 12.1 Å². The molecule has 1 nitrogen and oxygen atoms in total. The van der Waals surface area contributed by atoms with E-state index in [2.05, 4.69) is 59.0 Å². The summed E-state index contributed by atoms with van der Waals surface area (Å²) >= 11 is 0. The van der Waals surface area contributed by atoms with Crippen LogP contribution in [0, 0.1) is 0 Å². The second-order valence-electron chi connectivity index (χ2n) is 5.79. The molecular weight excluding hydrogens is 206 g/mol. The molecule has 0 spiro atoms. The van der Waals surface area contributed by atoms with Gasteiger partial charge in [-0.3, -0.25) is 0 Å². The molecule has 0 aliphatic heterocycles. The zero-order chi connectivity index (χ0) is 13.2. The maximum Gasteiger partial charge on any atom is 0.0408 e. The van der Waals surface area contributed by atoms with Crippen molar-refractivity contribution in [2.45, 2.75) is 59.3 Å². The molecule has 0 atom stereocenters. The van der Waals surface area contributed by atoms with E-state index in [0.717, 1.165) is 0 Å². The quantitative estimate of drug-likeness (QED) is 0.763. The number of anilines is 1. The summed E-state index contributed by atoms with van der Waals surface area (Å²) in [6.45, 7) is 13.6. The van der Waals surface area contributed by atoms with Gasteiger partial charge in [0.05, 0.1) is 0 Å². The summed E-state index contributed by atoms with van der Waals surface area (Å²) < 4.78 is 0. The van der Waals surface area contributed by atoms with Crippen LogP contribution >= 0.6 is 0 Å². The second kappa shape index (κ2) is 5.57. The smallest absolute Gasteiger partial charge is 0.0408 e. The summed E-state index contributed by atoms with van der Waals surface area (Å²) in [5.74, 6) is 1.72. The van der Waals surface area contributed by atoms with Crippen molar-refractivity contribution in [3.8, 4) is 0 Å².